The second kappa shape index (κ2) is 10.9. The Morgan fingerprint density at radius 2 is 1.85 bits per heavy atom. The van der Waals surface area contributed by atoms with Crippen molar-refractivity contribution in [2.45, 2.75) is 13.5 Å². The van der Waals surface area contributed by atoms with Gasteiger partial charge in [0, 0.05) is 17.8 Å². The van der Waals surface area contributed by atoms with Crippen LogP contribution in [-0.4, -0.2) is 10.8 Å². The van der Waals surface area contributed by atoms with Gasteiger partial charge in [-0.3, -0.25) is 14.9 Å². The standard InChI is InChI=1S/C24H17Br2N3O4/c1-15-5-2-3-8-22(15)28-24(30)18(13-27)9-17-11-20(25)23(21(26)12-17)33-14-16-6-4-7-19(10-16)29(31)32/h2-12H,14H2,1H3,(H,28,30)/b18-9-. The Morgan fingerprint density at radius 1 is 1.15 bits per heavy atom. The number of aryl methyl sites for hydroxylation is 1. The first-order chi connectivity index (χ1) is 15.8. The third-order valence-corrected chi connectivity index (χ3v) is 5.77. The molecule has 33 heavy (non-hydrogen) atoms. The molecule has 0 atom stereocenters. The Balaban J connectivity index is 1.78. The van der Waals surface area contributed by atoms with E-state index in [1.54, 1.807) is 36.4 Å². The van der Waals surface area contributed by atoms with Gasteiger partial charge >= 0.3 is 0 Å². The van der Waals surface area contributed by atoms with Crippen LogP contribution in [0.2, 0.25) is 0 Å². The Kier molecular flexibility index (Phi) is 7.98. The molecule has 0 fully saturated rings. The zero-order valence-corrected chi connectivity index (χ0v) is 20.5. The molecule has 0 aliphatic carbocycles. The minimum Gasteiger partial charge on any atom is -0.487 e. The molecule has 0 unspecified atom stereocenters. The molecule has 0 saturated heterocycles. The molecular formula is C24H17Br2N3O4. The molecule has 3 aromatic carbocycles. The summed E-state index contributed by atoms with van der Waals surface area (Å²) in [7, 11) is 0. The maximum Gasteiger partial charge on any atom is 0.269 e. The third-order valence-electron chi connectivity index (χ3n) is 4.59. The number of para-hydroxylation sites is 1. The van der Waals surface area contributed by atoms with E-state index in [2.05, 4.69) is 37.2 Å². The Labute approximate surface area is 207 Å². The Hall–Kier alpha value is -3.48. The lowest BCUT2D eigenvalue weighted by Gasteiger charge is -2.12. The van der Waals surface area contributed by atoms with Crippen molar-refractivity contribution in [1.82, 2.24) is 0 Å². The Bertz CT molecular complexity index is 1280. The molecule has 3 rings (SSSR count). The number of amides is 1. The normalized spacial score (nSPS) is 10.9. The molecule has 1 N–H and O–H groups in total. The SMILES string of the molecule is Cc1ccccc1NC(=O)/C(C#N)=C\c1cc(Br)c(OCc2cccc([N+](=O)[O-])c2)c(Br)c1. The number of halogens is 2. The summed E-state index contributed by atoms with van der Waals surface area (Å²) in [5.74, 6) is -0.0217. The summed E-state index contributed by atoms with van der Waals surface area (Å²) in [5.41, 5.74) is 2.71. The highest BCUT2D eigenvalue weighted by Gasteiger charge is 2.14. The molecular weight excluding hydrogens is 554 g/mol. The summed E-state index contributed by atoms with van der Waals surface area (Å²) < 4.78 is 7.01. The number of nitro benzene ring substituents is 1. The molecule has 0 bridgehead atoms. The zero-order valence-electron chi connectivity index (χ0n) is 17.3. The molecule has 1 amide bonds. The number of nitrogens with one attached hydrogen (secondary N) is 1. The van der Waals surface area contributed by atoms with E-state index >= 15 is 0 Å². The summed E-state index contributed by atoms with van der Waals surface area (Å²) in [5, 5.41) is 23.2. The summed E-state index contributed by atoms with van der Waals surface area (Å²) >= 11 is 6.89. The van der Waals surface area contributed by atoms with Crippen LogP contribution in [0.5, 0.6) is 5.75 Å². The van der Waals surface area contributed by atoms with Crippen LogP contribution in [0.25, 0.3) is 6.08 Å². The predicted molar refractivity (Wildman–Crippen MR) is 133 cm³/mol. The maximum absolute atomic E-state index is 12.6. The molecule has 9 heteroatoms. The van der Waals surface area contributed by atoms with Crippen LogP contribution in [0.4, 0.5) is 11.4 Å². The minimum atomic E-state index is -0.509. The number of rotatable bonds is 7. The molecule has 0 spiro atoms. The first-order valence-corrected chi connectivity index (χ1v) is 11.2. The van der Waals surface area contributed by atoms with Gasteiger partial charge in [0.25, 0.3) is 11.6 Å². The molecule has 0 aromatic heterocycles. The minimum absolute atomic E-state index is 0.0114. The van der Waals surface area contributed by atoms with Crippen LogP contribution in [0.1, 0.15) is 16.7 Å². The number of non-ortho nitro benzene ring substituents is 1. The number of hydrogen-bond acceptors (Lipinski definition) is 5. The molecule has 0 aliphatic heterocycles. The summed E-state index contributed by atoms with van der Waals surface area (Å²) in [6, 6.07) is 18.9. The van der Waals surface area contributed by atoms with Gasteiger partial charge in [-0.2, -0.15) is 5.26 Å². The van der Waals surface area contributed by atoms with Crippen molar-refractivity contribution in [2.24, 2.45) is 0 Å². The second-order valence-corrected chi connectivity index (χ2v) is 8.68. The largest absolute Gasteiger partial charge is 0.487 e. The van der Waals surface area contributed by atoms with Crippen molar-refractivity contribution in [3.05, 3.63) is 102 Å². The van der Waals surface area contributed by atoms with Crippen LogP contribution in [0.3, 0.4) is 0 Å². The first-order valence-electron chi connectivity index (χ1n) is 9.62. The van der Waals surface area contributed by atoms with Gasteiger partial charge in [0.15, 0.2) is 0 Å². The highest BCUT2D eigenvalue weighted by Crippen LogP contribution is 2.36. The third kappa shape index (κ3) is 6.28. The van der Waals surface area contributed by atoms with Crippen LogP contribution < -0.4 is 10.1 Å². The van der Waals surface area contributed by atoms with Gasteiger partial charge in [-0.1, -0.05) is 30.3 Å². The van der Waals surface area contributed by atoms with E-state index in [1.807, 2.05) is 25.1 Å². The fourth-order valence-corrected chi connectivity index (χ4v) is 4.38. The number of nitrogens with zero attached hydrogens (tertiary/aromatic N) is 2. The van der Waals surface area contributed by atoms with Gasteiger partial charge in [-0.05, 0) is 79.7 Å². The van der Waals surface area contributed by atoms with Crippen molar-refractivity contribution in [3.63, 3.8) is 0 Å². The van der Waals surface area contributed by atoms with Crippen LogP contribution >= 0.6 is 31.9 Å². The molecule has 0 saturated carbocycles. The van der Waals surface area contributed by atoms with Gasteiger partial charge in [0.1, 0.15) is 24.0 Å². The van der Waals surface area contributed by atoms with Crippen LogP contribution in [0, 0.1) is 28.4 Å². The van der Waals surface area contributed by atoms with Gasteiger partial charge in [-0.15, -0.1) is 0 Å². The smallest absolute Gasteiger partial charge is 0.269 e. The number of carbonyl (C=O) groups is 1. The van der Waals surface area contributed by atoms with Gasteiger partial charge in [0.05, 0.1) is 13.9 Å². The number of benzene rings is 3. The Morgan fingerprint density at radius 3 is 2.48 bits per heavy atom. The van der Waals surface area contributed by atoms with E-state index in [9.17, 15) is 20.2 Å². The monoisotopic (exact) mass is 569 g/mol. The van der Waals surface area contributed by atoms with Crippen LogP contribution in [0.15, 0.2) is 75.2 Å². The molecule has 0 heterocycles. The molecule has 0 radical (unpaired) electrons. The van der Waals surface area contributed by atoms with E-state index in [-0.39, 0.29) is 17.9 Å². The van der Waals surface area contributed by atoms with Crippen molar-refractivity contribution >= 4 is 55.2 Å². The lowest BCUT2D eigenvalue weighted by Crippen LogP contribution is -2.14. The van der Waals surface area contributed by atoms with Gasteiger partial charge in [0.2, 0.25) is 0 Å². The predicted octanol–water partition coefficient (Wildman–Crippen LogP) is 6.55. The highest BCUT2D eigenvalue weighted by atomic mass is 79.9. The van der Waals surface area contributed by atoms with Crippen molar-refractivity contribution in [1.29, 1.82) is 5.26 Å². The van der Waals surface area contributed by atoms with Gasteiger partial charge in [-0.25, -0.2) is 0 Å². The second-order valence-electron chi connectivity index (χ2n) is 6.97. The number of ether oxygens (including phenoxy) is 1. The average molecular weight is 571 g/mol. The van der Waals surface area contributed by atoms with E-state index in [4.69, 9.17) is 4.74 Å². The number of carbonyl (C=O) groups excluding carboxylic acids is 1. The average Bonchev–Trinajstić information content (AvgIpc) is 2.78. The maximum atomic E-state index is 12.6. The molecule has 3 aromatic rings. The van der Waals surface area contributed by atoms with E-state index in [0.29, 0.717) is 31.5 Å². The summed E-state index contributed by atoms with van der Waals surface area (Å²) in [6.45, 7) is 1.99. The number of anilines is 1. The topological polar surface area (TPSA) is 105 Å². The van der Waals surface area contributed by atoms with E-state index in [0.717, 1.165) is 5.56 Å². The number of nitro groups is 1. The lowest BCUT2D eigenvalue weighted by atomic mass is 10.1. The fraction of sp³-hybridized carbons (Fsp3) is 0.0833. The van der Waals surface area contributed by atoms with Crippen molar-refractivity contribution in [3.8, 4) is 11.8 Å². The van der Waals surface area contributed by atoms with Crippen molar-refractivity contribution in [2.75, 3.05) is 5.32 Å². The lowest BCUT2D eigenvalue weighted by molar-refractivity contribution is -0.384. The number of nitriles is 1. The quantitative estimate of drug-likeness (QED) is 0.150. The zero-order chi connectivity index (χ0) is 24.0. The van der Waals surface area contributed by atoms with E-state index in [1.165, 1.54) is 18.2 Å². The van der Waals surface area contributed by atoms with Gasteiger partial charge < -0.3 is 10.1 Å². The molecule has 166 valence electrons. The summed E-state index contributed by atoms with van der Waals surface area (Å²) in [6.07, 6.45) is 1.48. The van der Waals surface area contributed by atoms with E-state index < -0.39 is 10.8 Å². The van der Waals surface area contributed by atoms with Crippen LogP contribution in [-0.2, 0) is 11.4 Å². The fourth-order valence-electron chi connectivity index (χ4n) is 2.93. The molecule has 0 aliphatic rings. The van der Waals surface area contributed by atoms with Crippen molar-refractivity contribution < 1.29 is 14.5 Å². The summed E-state index contributed by atoms with van der Waals surface area (Å²) in [4.78, 5) is 23.1. The molecule has 7 nitrogen and oxygen atoms in total. The highest BCUT2D eigenvalue weighted by molar-refractivity contribution is 9.11. The number of hydrogen-bond donors (Lipinski definition) is 1. The first kappa shape index (κ1) is 24.2.